The van der Waals surface area contributed by atoms with E-state index in [-0.39, 0.29) is 24.8 Å². The molecule has 0 saturated carbocycles. The standard InChI is InChI=1S/C10H17N3O4/c1-11-10(17)12-8(14)6-13-3-2-7(5-13)4-9(15)16/h7H,2-6H2,1H3,(H,15,16)(H2,11,12,14,17). The lowest BCUT2D eigenvalue weighted by Gasteiger charge is -2.14. The molecule has 0 aromatic rings. The fourth-order valence-corrected chi connectivity index (χ4v) is 1.90. The highest BCUT2D eigenvalue weighted by atomic mass is 16.4. The van der Waals surface area contributed by atoms with Crippen molar-refractivity contribution >= 4 is 17.9 Å². The summed E-state index contributed by atoms with van der Waals surface area (Å²) in [5.74, 6) is -1.09. The molecule has 1 aliphatic rings. The first-order valence-corrected chi connectivity index (χ1v) is 5.47. The van der Waals surface area contributed by atoms with Crippen LogP contribution in [0.2, 0.25) is 0 Å². The highest BCUT2D eigenvalue weighted by Crippen LogP contribution is 2.18. The fraction of sp³-hybridized carbons (Fsp3) is 0.700. The zero-order valence-corrected chi connectivity index (χ0v) is 9.73. The molecule has 1 rings (SSSR count). The van der Waals surface area contributed by atoms with Crippen LogP contribution in [0.15, 0.2) is 0 Å². The molecule has 0 aliphatic carbocycles. The number of carboxylic acid groups (broad SMARTS) is 1. The van der Waals surface area contributed by atoms with E-state index < -0.39 is 12.0 Å². The van der Waals surface area contributed by atoms with E-state index in [9.17, 15) is 14.4 Å². The van der Waals surface area contributed by atoms with Gasteiger partial charge in [-0.3, -0.25) is 19.8 Å². The van der Waals surface area contributed by atoms with Crippen molar-refractivity contribution in [3.8, 4) is 0 Å². The van der Waals surface area contributed by atoms with Crippen molar-refractivity contribution in [2.24, 2.45) is 5.92 Å². The third-order valence-electron chi connectivity index (χ3n) is 2.68. The van der Waals surface area contributed by atoms with Gasteiger partial charge in [0.05, 0.1) is 6.54 Å². The average molecular weight is 243 g/mol. The van der Waals surface area contributed by atoms with Gasteiger partial charge in [0.2, 0.25) is 5.91 Å². The number of carbonyl (C=O) groups excluding carboxylic acids is 2. The van der Waals surface area contributed by atoms with Crippen molar-refractivity contribution in [2.75, 3.05) is 26.7 Å². The minimum atomic E-state index is -0.813. The van der Waals surface area contributed by atoms with Gasteiger partial charge in [-0.15, -0.1) is 0 Å². The summed E-state index contributed by atoms with van der Waals surface area (Å²) in [7, 11) is 1.43. The van der Waals surface area contributed by atoms with E-state index in [4.69, 9.17) is 5.11 Å². The third-order valence-corrected chi connectivity index (χ3v) is 2.68. The molecule has 0 spiro atoms. The van der Waals surface area contributed by atoms with Gasteiger partial charge in [-0.05, 0) is 18.9 Å². The van der Waals surface area contributed by atoms with Crippen molar-refractivity contribution in [1.29, 1.82) is 0 Å². The van der Waals surface area contributed by atoms with Crippen molar-refractivity contribution < 1.29 is 19.5 Å². The van der Waals surface area contributed by atoms with Gasteiger partial charge in [-0.25, -0.2) is 4.79 Å². The molecular formula is C10H17N3O4. The Hall–Kier alpha value is -1.63. The summed E-state index contributed by atoms with van der Waals surface area (Å²) < 4.78 is 0. The Kier molecular flexibility index (Phi) is 4.89. The lowest BCUT2D eigenvalue weighted by molar-refractivity contribution is -0.138. The summed E-state index contributed by atoms with van der Waals surface area (Å²) in [6, 6.07) is -0.531. The van der Waals surface area contributed by atoms with Gasteiger partial charge >= 0.3 is 12.0 Å². The molecule has 7 heteroatoms. The molecule has 1 atom stereocenters. The van der Waals surface area contributed by atoms with Crippen LogP contribution in [0.25, 0.3) is 0 Å². The van der Waals surface area contributed by atoms with E-state index >= 15 is 0 Å². The summed E-state index contributed by atoms with van der Waals surface area (Å²) in [5, 5.41) is 13.1. The van der Waals surface area contributed by atoms with E-state index in [1.165, 1.54) is 7.05 Å². The van der Waals surface area contributed by atoms with Crippen LogP contribution in [0.3, 0.4) is 0 Å². The predicted molar refractivity (Wildman–Crippen MR) is 59.4 cm³/mol. The minimum absolute atomic E-state index is 0.0975. The molecule has 0 aromatic heterocycles. The van der Waals surface area contributed by atoms with Crippen LogP contribution in [0.5, 0.6) is 0 Å². The number of urea groups is 1. The second-order valence-corrected chi connectivity index (χ2v) is 4.11. The molecule has 1 fully saturated rings. The Balaban J connectivity index is 2.27. The van der Waals surface area contributed by atoms with Crippen molar-refractivity contribution in [3.63, 3.8) is 0 Å². The molecule has 3 N–H and O–H groups in total. The van der Waals surface area contributed by atoms with Gasteiger partial charge in [0.25, 0.3) is 0 Å². The molecule has 1 saturated heterocycles. The second-order valence-electron chi connectivity index (χ2n) is 4.11. The summed E-state index contributed by atoms with van der Waals surface area (Å²) in [4.78, 5) is 34.6. The van der Waals surface area contributed by atoms with Gasteiger partial charge < -0.3 is 10.4 Å². The van der Waals surface area contributed by atoms with Gasteiger partial charge in [0, 0.05) is 20.0 Å². The van der Waals surface area contributed by atoms with E-state index in [1.54, 1.807) is 0 Å². The zero-order chi connectivity index (χ0) is 12.8. The zero-order valence-electron chi connectivity index (χ0n) is 9.73. The Labute approximate surface area is 99.2 Å². The lowest BCUT2D eigenvalue weighted by atomic mass is 10.1. The van der Waals surface area contributed by atoms with Crippen molar-refractivity contribution in [1.82, 2.24) is 15.5 Å². The molecule has 0 bridgehead atoms. The largest absolute Gasteiger partial charge is 0.481 e. The topological polar surface area (TPSA) is 98.7 Å². The number of carbonyl (C=O) groups is 3. The maximum atomic E-state index is 11.4. The quantitative estimate of drug-likeness (QED) is 0.602. The van der Waals surface area contributed by atoms with Crippen LogP contribution in [0.1, 0.15) is 12.8 Å². The number of imide groups is 1. The monoisotopic (exact) mass is 243 g/mol. The Morgan fingerprint density at radius 2 is 2.12 bits per heavy atom. The minimum Gasteiger partial charge on any atom is -0.481 e. The van der Waals surface area contributed by atoms with Gasteiger partial charge in [0.15, 0.2) is 0 Å². The number of rotatable bonds is 4. The third kappa shape index (κ3) is 4.81. The summed E-state index contributed by atoms with van der Waals surface area (Å²) in [5.41, 5.74) is 0. The first-order valence-electron chi connectivity index (χ1n) is 5.47. The average Bonchev–Trinajstić information content (AvgIpc) is 2.63. The number of aliphatic carboxylic acids is 1. The summed E-state index contributed by atoms with van der Waals surface area (Å²) in [6.45, 7) is 1.41. The lowest BCUT2D eigenvalue weighted by Crippen LogP contribution is -2.43. The molecule has 0 aromatic carbocycles. The number of hydrogen-bond acceptors (Lipinski definition) is 4. The van der Waals surface area contributed by atoms with Gasteiger partial charge in [-0.1, -0.05) is 0 Å². The molecule has 96 valence electrons. The number of hydrogen-bond donors (Lipinski definition) is 3. The summed E-state index contributed by atoms with van der Waals surface area (Å²) >= 11 is 0. The molecule has 1 unspecified atom stereocenters. The molecule has 17 heavy (non-hydrogen) atoms. The normalized spacial score (nSPS) is 19.9. The first kappa shape index (κ1) is 13.4. The summed E-state index contributed by atoms with van der Waals surface area (Å²) in [6.07, 6.45) is 0.910. The highest BCUT2D eigenvalue weighted by Gasteiger charge is 2.25. The second kappa shape index (κ2) is 6.19. The number of nitrogens with zero attached hydrogens (tertiary/aromatic N) is 1. The van der Waals surface area contributed by atoms with E-state index in [0.29, 0.717) is 13.1 Å². The number of carboxylic acids is 1. The highest BCUT2D eigenvalue weighted by molar-refractivity contribution is 5.95. The number of amides is 3. The molecule has 0 radical (unpaired) electrons. The van der Waals surface area contributed by atoms with E-state index in [2.05, 4.69) is 10.6 Å². The maximum absolute atomic E-state index is 11.4. The van der Waals surface area contributed by atoms with Crippen LogP contribution < -0.4 is 10.6 Å². The van der Waals surface area contributed by atoms with Gasteiger partial charge in [-0.2, -0.15) is 0 Å². The molecule has 1 aliphatic heterocycles. The Morgan fingerprint density at radius 3 is 2.71 bits per heavy atom. The molecular weight excluding hydrogens is 226 g/mol. The van der Waals surface area contributed by atoms with Crippen LogP contribution in [-0.2, 0) is 9.59 Å². The van der Waals surface area contributed by atoms with E-state index in [0.717, 1.165) is 6.42 Å². The molecule has 3 amide bonds. The van der Waals surface area contributed by atoms with Gasteiger partial charge in [0.1, 0.15) is 0 Å². The SMILES string of the molecule is CNC(=O)NC(=O)CN1CCC(CC(=O)O)C1. The first-order chi connectivity index (χ1) is 8.01. The van der Waals surface area contributed by atoms with Crippen molar-refractivity contribution in [3.05, 3.63) is 0 Å². The van der Waals surface area contributed by atoms with Crippen molar-refractivity contribution in [2.45, 2.75) is 12.8 Å². The smallest absolute Gasteiger partial charge is 0.321 e. The Bertz CT molecular complexity index is 319. The molecule has 1 heterocycles. The Morgan fingerprint density at radius 1 is 1.41 bits per heavy atom. The van der Waals surface area contributed by atoms with Crippen LogP contribution in [-0.4, -0.2) is 54.6 Å². The number of nitrogens with one attached hydrogen (secondary N) is 2. The van der Waals surface area contributed by atoms with E-state index in [1.807, 2.05) is 4.90 Å². The van der Waals surface area contributed by atoms with Crippen LogP contribution >= 0.6 is 0 Å². The van der Waals surface area contributed by atoms with Crippen LogP contribution in [0, 0.1) is 5.92 Å². The molecule has 7 nitrogen and oxygen atoms in total. The predicted octanol–water partition coefficient (Wildman–Crippen LogP) is -0.761. The maximum Gasteiger partial charge on any atom is 0.321 e. The fourth-order valence-electron chi connectivity index (χ4n) is 1.90. The number of likely N-dealkylation sites (tertiary alicyclic amines) is 1. The van der Waals surface area contributed by atoms with Crippen LogP contribution in [0.4, 0.5) is 4.79 Å².